The molecule has 0 heterocycles. The molecule has 0 saturated carbocycles. The number of carbonyl (C=O) groups excluding carboxylic acids is 1. The first-order valence-corrected chi connectivity index (χ1v) is 5.82. The second kappa shape index (κ2) is 5.63. The zero-order valence-corrected chi connectivity index (χ0v) is 10.6. The summed E-state index contributed by atoms with van der Waals surface area (Å²) in [5.74, 6) is 0.154. The largest absolute Gasteiger partial charge is 0.354 e. The summed E-state index contributed by atoms with van der Waals surface area (Å²) in [6.45, 7) is 8.24. The summed E-state index contributed by atoms with van der Waals surface area (Å²) in [6.07, 6.45) is 1.58. The molecule has 3 heteroatoms. The van der Waals surface area contributed by atoms with E-state index in [4.69, 9.17) is 0 Å². The van der Waals surface area contributed by atoms with E-state index in [-0.39, 0.29) is 17.4 Å². The quantitative estimate of drug-likeness (QED) is 0.763. The fraction of sp³-hybridized carbons (Fsp3) is 0.900. The van der Waals surface area contributed by atoms with E-state index < -0.39 is 0 Å². The van der Waals surface area contributed by atoms with Crippen molar-refractivity contribution in [1.29, 1.82) is 0 Å². The van der Waals surface area contributed by atoms with Gasteiger partial charge in [0.05, 0.1) is 0 Å². The maximum atomic E-state index is 11.4. The van der Waals surface area contributed by atoms with Crippen LogP contribution in [0, 0.1) is 5.41 Å². The molecule has 0 spiro atoms. The maximum absolute atomic E-state index is 11.4. The first-order valence-electron chi connectivity index (χ1n) is 4.70. The Balaban J connectivity index is 3.74. The van der Waals surface area contributed by atoms with E-state index >= 15 is 0 Å². The topological polar surface area (TPSA) is 29.1 Å². The van der Waals surface area contributed by atoms with Gasteiger partial charge in [0.25, 0.3) is 0 Å². The normalized spacial score (nSPS) is 13.9. The lowest BCUT2D eigenvalue weighted by molar-refractivity contribution is -0.123. The smallest absolute Gasteiger partial charge is 0.220 e. The van der Waals surface area contributed by atoms with Crippen LogP contribution < -0.4 is 5.32 Å². The van der Waals surface area contributed by atoms with Gasteiger partial charge in [-0.05, 0) is 18.8 Å². The number of rotatable bonds is 4. The minimum Gasteiger partial charge on any atom is -0.354 e. The van der Waals surface area contributed by atoms with E-state index in [0.717, 1.165) is 11.8 Å². The molecular weight excluding hydrogens is 230 g/mol. The lowest BCUT2D eigenvalue weighted by Gasteiger charge is -2.19. The van der Waals surface area contributed by atoms with Crippen molar-refractivity contribution < 1.29 is 4.79 Å². The molecule has 0 fully saturated rings. The summed E-state index contributed by atoms with van der Waals surface area (Å²) in [7, 11) is 0. The number of hydrogen-bond donors (Lipinski definition) is 1. The summed E-state index contributed by atoms with van der Waals surface area (Å²) >= 11 is 3.35. The molecular formula is C10H20BrNO. The average molecular weight is 250 g/mol. The number of nitrogens with one attached hydrogen (secondary N) is 1. The van der Waals surface area contributed by atoms with Crippen LogP contribution in [0.5, 0.6) is 0 Å². The van der Waals surface area contributed by atoms with Gasteiger partial charge in [-0.3, -0.25) is 4.79 Å². The van der Waals surface area contributed by atoms with Crippen LogP contribution in [0.25, 0.3) is 0 Å². The summed E-state index contributed by atoms with van der Waals surface area (Å²) < 4.78 is 0. The fourth-order valence-corrected chi connectivity index (χ4v) is 1.73. The number of alkyl halides is 1. The highest BCUT2D eigenvalue weighted by Gasteiger charge is 2.16. The number of carbonyl (C=O) groups is 1. The second-order valence-corrected chi connectivity index (χ2v) is 5.48. The van der Waals surface area contributed by atoms with Gasteiger partial charge in [0.1, 0.15) is 0 Å². The Kier molecular flexibility index (Phi) is 5.61. The molecule has 0 aliphatic heterocycles. The van der Waals surface area contributed by atoms with E-state index in [1.54, 1.807) is 0 Å². The molecule has 0 aliphatic carbocycles. The Hall–Kier alpha value is -0.0500. The van der Waals surface area contributed by atoms with Crippen molar-refractivity contribution in [2.75, 3.05) is 5.33 Å². The van der Waals surface area contributed by atoms with E-state index in [9.17, 15) is 4.79 Å². The monoisotopic (exact) mass is 249 g/mol. The molecule has 0 aromatic rings. The third-order valence-electron chi connectivity index (χ3n) is 1.64. The van der Waals surface area contributed by atoms with Crippen molar-refractivity contribution in [2.45, 2.75) is 46.6 Å². The second-order valence-electron chi connectivity index (χ2n) is 4.68. The lowest BCUT2D eigenvalue weighted by Crippen LogP contribution is -2.34. The van der Waals surface area contributed by atoms with Crippen molar-refractivity contribution in [1.82, 2.24) is 5.32 Å². The molecule has 0 saturated heterocycles. The molecule has 0 aliphatic rings. The summed E-state index contributed by atoms with van der Waals surface area (Å²) in [5, 5.41) is 3.90. The SMILES string of the molecule is CC(CCBr)NC(=O)CC(C)(C)C. The van der Waals surface area contributed by atoms with E-state index in [1.165, 1.54) is 0 Å². The molecule has 1 unspecified atom stereocenters. The van der Waals surface area contributed by atoms with Crippen molar-refractivity contribution >= 4 is 21.8 Å². The van der Waals surface area contributed by atoms with E-state index in [0.29, 0.717) is 6.42 Å². The maximum Gasteiger partial charge on any atom is 0.220 e. The number of hydrogen-bond acceptors (Lipinski definition) is 1. The van der Waals surface area contributed by atoms with Gasteiger partial charge in [0, 0.05) is 17.8 Å². The van der Waals surface area contributed by atoms with Crippen LogP contribution in [0.3, 0.4) is 0 Å². The molecule has 1 N–H and O–H groups in total. The highest BCUT2D eigenvalue weighted by atomic mass is 79.9. The van der Waals surface area contributed by atoms with Crippen LogP contribution in [-0.2, 0) is 4.79 Å². The van der Waals surface area contributed by atoms with Crippen molar-refractivity contribution in [3.63, 3.8) is 0 Å². The van der Waals surface area contributed by atoms with E-state index in [2.05, 4.69) is 42.0 Å². The molecule has 1 amide bonds. The van der Waals surface area contributed by atoms with Gasteiger partial charge in [-0.25, -0.2) is 0 Å². The Morgan fingerprint density at radius 2 is 2.00 bits per heavy atom. The van der Waals surface area contributed by atoms with Gasteiger partial charge >= 0.3 is 0 Å². The highest BCUT2D eigenvalue weighted by Crippen LogP contribution is 2.17. The van der Waals surface area contributed by atoms with Crippen LogP contribution in [0.1, 0.15) is 40.5 Å². The van der Waals surface area contributed by atoms with Crippen molar-refractivity contribution in [3.05, 3.63) is 0 Å². The van der Waals surface area contributed by atoms with Gasteiger partial charge in [0.15, 0.2) is 0 Å². The predicted octanol–water partition coefficient (Wildman–Crippen LogP) is 2.71. The Morgan fingerprint density at radius 1 is 1.46 bits per heavy atom. The highest BCUT2D eigenvalue weighted by molar-refractivity contribution is 9.09. The molecule has 1 atom stereocenters. The zero-order valence-electron chi connectivity index (χ0n) is 8.98. The van der Waals surface area contributed by atoms with Gasteiger partial charge < -0.3 is 5.32 Å². The third-order valence-corrected chi connectivity index (χ3v) is 2.10. The van der Waals surface area contributed by atoms with Crippen LogP contribution in [-0.4, -0.2) is 17.3 Å². The molecule has 0 aromatic carbocycles. The minimum atomic E-state index is 0.0816. The van der Waals surface area contributed by atoms with Crippen LogP contribution >= 0.6 is 15.9 Å². The van der Waals surface area contributed by atoms with Crippen LogP contribution in [0.2, 0.25) is 0 Å². The molecule has 0 aromatic heterocycles. The standard InChI is InChI=1S/C10H20BrNO/c1-8(5-6-11)12-9(13)7-10(2,3)4/h8H,5-7H2,1-4H3,(H,12,13). The lowest BCUT2D eigenvalue weighted by atomic mass is 9.92. The number of amides is 1. The average Bonchev–Trinajstić information content (AvgIpc) is 1.81. The number of halogens is 1. The Morgan fingerprint density at radius 3 is 2.38 bits per heavy atom. The summed E-state index contributed by atoms with van der Waals surface area (Å²) in [4.78, 5) is 11.4. The van der Waals surface area contributed by atoms with Crippen LogP contribution in [0.15, 0.2) is 0 Å². The Bertz CT molecular complexity index is 163. The molecule has 2 nitrogen and oxygen atoms in total. The molecule has 13 heavy (non-hydrogen) atoms. The van der Waals surface area contributed by atoms with Crippen molar-refractivity contribution in [3.8, 4) is 0 Å². The first-order chi connectivity index (χ1) is 5.85. The molecule has 78 valence electrons. The van der Waals surface area contributed by atoms with Gasteiger partial charge in [-0.2, -0.15) is 0 Å². The zero-order chi connectivity index (χ0) is 10.5. The Labute approximate surface area is 89.6 Å². The van der Waals surface area contributed by atoms with Crippen molar-refractivity contribution in [2.24, 2.45) is 5.41 Å². The predicted molar refractivity (Wildman–Crippen MR) is 60.1 cm³/mol. The van der Waals surface area contributed by atoms with Gasteiger partial charge in [-0.15, -0.1) is 0 Å². The first kappa shape index (κ1) is 12.9. The van der Waals surface area contributed by atoms with E-state index in [1.807, 2.05) is 6.92 Å². The van der Waals surface area contributed by atoms with Gasteiger partial charge in [0.2, 0.25) is 5.91 Å². The van der Waals surface area contributed by atoms with Crippen LogP contribution in [0.4, 0.5) is 0 Å². The minimum absolute atomic E-state index is 0.0816. The third kappa shape index (κ3) is 8.28. The molecule has 0 bridgehead atoms. The fourth-order valence-electron chi connectivity index (χ4n) is 1.04. The summed E-state index contributed by atoms with van der Waals surface area (Å²) in [5.41, 5.74) is 0.0816. The van der Waals surface area contributed by atoms with Gasteiger partial charge in [-0.1, -0.05) is 36.7 Å². The summed E-state index contributed by atoms with van der Waals surface area (Å²) in [6, 6.07) is 0.272. The molecule has 0 rings (SSSR count). The molecule has 0 radical (unpaired) electrons.